The molecule has 8 nitrogen and oxygen atoms in total. The Labute approximate surface area is 153 Å². The number of carbonyl (C=O) groups is 2. The molecule has 0 fully saturated rings. The van der Waals surface area contributed by atoms with Crippen LogP contribution in [0.2, 0.25) is 0 Å². The quantitative estimate of drug-likeness (QED) is 0.679. The van der Waals surface area contributed by atoms with E-state index in [1.165, 1.54) is 27.4 Å². The molecule has 0 saturated heterocycles. The van der Waals surface area contributed by atoms with Gasteiger partial charge in [-0.3, -0.25) is 4.79 Å². The number of rotatable bonds is 8. The second-order valence-electron chi connectivity index (χ2n) is 6.11. The third-order valence-electron chi connectivity index (χ3n) is 4.15. The number of hydrogen-bond acceptors (Lipinski definition) is 7. The van der Waals surface area contributed by atoms with E-state index in [0.29, 0.717) is 17.2 Å². The number of methoxy groups -OCH3 is 3. The number of anilines is 1. The van der Waals surface area contributed by atoms with Crippen LogP contribution in [0, 0.1) is 17.2 Å². The van der Waals surface area contributed by atoms with Crippen LogP contribution < -0.4 is 20.1 Å². The molecule has 0 aliphatic carbocycles. The number of ether oxygens (including phenoxy) is 3. The van der Waals surface area contributed by atoms with E-state index < -0.39 is 11.5 Å². The van der Waals surface area contributed by atoms with Crippen molar-refractivity contribution in [3.8, 4) is 17.6 Å². The maximum absolute atomic E-state index is 12.2. The number of nitrogens with zero attached hydrogens (tertiary/aromatic N) is 1. The van der Waals surface area contributed by atoms with Crippen molar-refractivity contribution in [3.63, 3.8) is 0 Å². The van der Waals surface area contributed by atoms with E-state index >= 15 is 0 Å². The van der Waals surface area contributed by atoms with Gasteiger partial charge in [-0.05, 0) is 12.8 Å². The highest BCUT2D eigenvalue weighted by Crippen LogP contribution is 2.33. The molecule has 1 aromatic rings. The number of esters is 1. The third-order valence-corrected chi connectivity index (χ3v) is 4.15. The lowest BCUT2D eigenvalue weighted by Gasteiger charge is -2.27. The summed E-state index contributed by atoms with van der Waals surface area (Å²) in [7, 11) is 4.18. The summed E-state index contributed by atoms with van der Waals surface area (Å²) < 4.78 is 15.2. The van der Waals surface area contributed by atoms with Crippen molar-refractivity contribution in [2.75, 3.05) is 33.2 Å². The molecule has 142 valence electrons. The molecule has 0 unspecified atom stereocenters. The summed E-state index contributed by atoms with van der Waals surface area (Å²) in [6, 6.07) is 5.13. The van der Waals surface area contributed by atoms with E-state index in [2.05, 4.69) is 16.7 Å². The zero-order valence-electron chi connectivity index (χ0n) is 15.9. The number of nitriles is 1. The van der Waals surface area contributed by atoms with Crippen LogP contribution in [0.15, 0.2) is 12.1 Å². The molecule has 0 aliphatic heterocycles. The highest BCUT2D eigenvalue weighted by molar-refractivity contribution is 5.97. The Hall–Kier alpha value is -2.95. The highest BCUT2D eigenvalue weighted by atomic mass is 16.5. The van der Waals surface area contributed by atoms with E-state index in [0.717, 1.165) is 0 Å². The van der Waals surface area contributed by atoms with Crippen molar-refractivity contribution in [2.24, 2.45) is 5.92 Å². The van der Waals surface area contributed by atoms with Gasteiger partial charge in [0, 0.05) is 12.1 Å². The van der Waals surface area contributed by atoms with E-state index in [1.807, 2.05) is 13.8 Å². The third kappa shape index (κ3) is 4.79. The predicted molar refractivity (Wildman–Crippen MR) is 96.4 cm³/mol. The van der Waals surface area contributed by atoms with Gasteiger partial charge in [-0.2, -0.15) is 5.26 Å². The summed E-state index contributed by atoms with van der Waals surface area (Å²) in [5.74, 6) is -0.277. The lowest BCUT2D eigenvalue weighted by molar-refractivity contribution is -0.121. The van der Waals surface area contributed by atoms with Gasteiger partial charge in [0.15, 0.2) is 11.5 Å². The minimum Gasteiger partial charge on any atom is -0.493 e. The predicted octanol–water partition coefficient (Wildman–Crippen LogP) is 1.96. The number of benzene rings is 1. The first-order valence-electron chi connectivity index (χ1n) is 8.02. The number of carbonyl (C=O) groups excluding carboxylic acids is 2. The maximum Gasteiger partial charge on any atom is 0.340 e. The van der Waals surface area contributed by atoms with Crippen LogP contribution in [0.1, 0.15) is 31.1 Å². The summed E-state index contributed by atoms with van der Waals surface area (Å²) >= 11 is 0. The molecular weight excluding hydrogens is 338 g/mol. The van der Waals surface area contributed by atoms with Crippen molar-refractivity contribution in [1.82, 2.24) is 5.32 Å². The van der Waals surface area contributed by atoms with E-state index in [1.54, 1.807) is 13.0 Å². The van der Waals surface area contributed by atoms with E-state index in [9.17, 15) is 14.9 Å². The first kappa shape index (κ1) is 21.1. The fraction of sp³-hybridized carbons (Fsp3) is 0.500. The second kappa shape index (κ2) is 8.94. The van der Waals surface area contributed by atoms with Gasteiger partial charge >= 0.3 is 5.97 Å². The van der Waals surface area contributed by atoms with Crippen molar-refractivity contribution in [1.29, 1.82) is 5.26 Å². The molecule has 0 aromatic heterocycles. The smallest absolute Gasteiger partial charge is 0.340 e. The first-order chi connectivity index (χ1) is 12.2. The molecule has 1 atom stereocenters. The molecule has 0 spiro atoms. The molecule has 1 amide bonds. The van der Waals surface area contributed by atoms with Gasteiger partial charge in [-0.25, -0.2) is 4.79 Å². The summed E-state index contributed by atoms with van der Waals surface area (Å²) in [5, 5.41) is 14.9. The molecule has 8 heteroatoms. The van der Waals surface area contributed by atoms with Gasteiger partial charge < -0.3 is 24.8 Å². The summed E-state index contributed by atoms with van der Waals surface area (Å²) in [5.41, 5.74) is -0.431. The average molecular weight is 363 g/mol. The van der Waals surface area contributed by atoms with Crippen molar-refractivity contribution in [2.45, 2.75) is 26.3 Å². The fourth-order valence-electron chi connectivity index (χ4n) is 2.11. The van der Waals surface area contributed by atoms with Crippen molar-refractivity contribution < 1.29 is 23.8 Å². The molecule has 0 aliphatic rings. The Morgan fingerprint density at radius 3 is 2.23 bits per heavy atom. The van der Waals surface area contributed by atoms with Crippen LogP contribution >= 0.6 is 0 Å². The summed E-state index contributed by atoms with van der Waals surface area (Å²) in [4.78, 5) is 24.2. The minimum absolute atomic E-state index is 0.0665. The number of hydrogen-bond donors (Lipinski definition) is 2. The van der Waals surface area contributed by atoms with Gasteiger partial charge in [0.1, 0.15) is 5.54 Å². The van der Waals surface area contributed by atoms with Gasteiger partial charge in [-0.1, -0.05) is 13.8 Å². The van der Waals surface area contributed by atoms with Gasteiger partial charge in [0.25, 0.3) is 0 Å². The molecule has 1 rings (SSSR count). The van der Waals surface area contributed by atoms with Gasteiger partial charge in [0.05, 0.1) is 45.2 Å². The van der Waals surface area contributed by atoms with E-state index in [-0.39, 0.29) is 23.9 Å². The molecule has 0 heterocycles. The molecule has 0 bridgehead atoms. The molecule has 0 saturated carbocycles. The minimum atomic E-state index is -0.985. The van der Waals surface area contributed by atoms with Gasteiger partial charge in [0.2, 0.25) is 5.91 Å². The molecule has 1 aromatic carbocycles. The monoisotopic (exact) mass is 363 g/mol. The fourth-order valence-corrected chi connectivity index (χ4v) is 2.11. The SMILES string of the molecule is COC(=O)c1cc(OC)c(OC)cc1NCC(=O)N[C@](C)(C#N)C(C)C. The molecule has 2 N–H and O–H groups in total. The lowest BCUT2D eigenvalue weighted by atomic mass is 9.90. The zero-order valence-corrected chi connectivity index (χ0v) is 15.9. The molecule has 0 radical (unpaired) electrons. The Kier molecular flexibility index (Phi) is 7.26. The maximum atomic E-state index is 12.2. The topological polar surface area (TPSA) is 110 Å². The lowest BCUT2D eigenvalue weighted by Crippen LogP contribution is -2.50. The Balaban J connectivity index is 3.03. The van der Waals surface area contributed by atoms with Crippen LogP contribution in [0.3, 0.4) is 0 Å². The van der Waals surface area contributed by atoms with Crippen LogP contribution in [-0.4, -0.2) is 45.3 Å². The number of amides is 1. The first-order valence-corrected chi connectivity index (χ1v) is 8.02. The van der Waals surface area contributed by atoms with Crippen LogP contribution in [0.4, 0.5) is 5.69 Å². The van der Waals surface area contributed by atoms with Crippen molar-refractivity contribution >= 4 is 17.6 Å². The largest absolute Gasteiger partial charge is 0.493 e. The Morgan fingerprint density at radius 1 is 1.19 bits per heavy atom. The standard InChI is InChI=1S/C18H25N3O5/c1-11(2)18(3,10-19)21-16(22)9-20-13-8-15(25-5)14(24-4)7-12(13)17(23)26-6/h7-8,11,20H,9H2,1-6H3,(H,21,22)/t18-/m1/s1. The molecular formula is C18H25N3O5. The van der Waals surface area contributed by atoms with Crippen molar-refractivity contribution in [3.05, 3.63) is 17.7 Å². The molecule has 26 heavy (non-hydrogen) atoms. The Bertz CT molecular complexity index is 712. The zero-order chi connectivity index (χ0) is 19.9. The summed E-state index contributed by atoms with van der Waals surface area (Å²) in [6.45, 7) is 5.22. The Morgan fingerprint density at radius 2 is 1.77 bits per heavy atom. The van der Waals surface area contributed by atoms with Crippen LogP contribution in [0.5, 0.6) is 11.5 Å². The number of nitrogens with one attached hydrogen (secondary N) is 2. The van der Waals surface area contributed by atoms with E-state index in [4.69, 9.17) is 14.2 Å². The second-order valence-corrected chi connectivity index (χ2v) is 6.11. The highest BCUT2D eigenvalue weighted by Gasteiger charge is 2.30. The average Bonchev–Trinajstić information content (AvgIpc) is 2.64. The van der Waals surface area contributed by atoms with Gasteiger partial charge in [-0.15, -0.1) is 0 Å². The van der Waals surface area contributed by atoms with Crippen LogP contribution in [0.25, 0.3) is 0 Å². The summed E-state index contributed by atoms with van der Waals surface area (Å²) in [6.07, 6.45) is 0. The van der Waals surface area contributed by atoms with Crippen LogP contribution in [-0.2, 0) is 9.53 Å². The normalized spacial score (nSPS) is 12.5.